The van der Waals surface area contributed by atoms with E-state index in [1.165, 1.54) is 10.9 Å². The summed E-state index contributed by atoms with van der Waals surface area (Å²) in [5, 5.41) is 0.782. The minimum Gasteiger partial charge on any atom is -0.497 e. The Kier molecular flexibility index (Phi) is 5.05. The van der Waals surface area contributed by atoms with Crippen molar-refractivity contribution in [1.29, 1.82) is 0 Å². The largest absolute Gasteiger partial charge is 0.497 e. The van der Waals surface area contributed by atoms with Crippen molar-refractivity contribution < 1.29 is 18.7 Å². The van der Waals surface area contributed by atoms with Crippen molar-refractivity contribution >= 4 is 28.0 Å². The standard InChI is InChI=1S/C24H23N3O5/c1-30-15-9-10-16(20(12-15)31-2)18-7-5-11-27(18)21(28)13-26-14-25-22-17-6-3-4-8-19(17)32-23(22)24(26)29/h3-4,6,8-10,12,14,18H,5,7,11,13H2,1-2H3. The number of benzene rings is 2. The van der Waals surface area contributed by atoms with Crippen molar-refractivity contribution in [3.63, 3.8) is 0 Å². The highest BCUT2D eigenvalue weighted by molar-refractivity contribution is 6.01. The quantitative estimate of drug-likeness (QED) is 0.479. The van der Waals surface area contributed by atoms with Crippen LogP contribution in [0.15, 0.2) is 58.0 Å². The average molecular weight is 433 g/mol. The summed E-state index contributed by atoms with van der Waals surface area (Å²) < 4.78 is 17.9. The Hall–Kier alpha value is -3.81. The molecule has 1 fully saturated rings. The Balaban J connectivity index is 1.44. The van der Waals surface area contributed by atoms with E-state index in [-0.39, 0.29) is 29.6 Å². The molecule has 2 aromatic heterocycles. The molecule has 0 N–H and O–H groups in total. The van der Waals surface area contributed by atoms with Gasteiger partial charge in [-0.25, -0.2) is 4.98 Å². The van der Waals surface area contributed by atoms with Gasteiger partial charge >= 0.3 is 0 Å². The van der Waals surface area contributed by atoms with Crippen LogP contribution in [0.5, 0.6) is 11.5 Å². The van der Waals surface area contributed by atoms with Crippen molar-refractivity contribution in [2.24, 2.45) is 0 Å². The summed E-state index contributed by atoms with van der Waals surface area (Å²) in [4.78, 5) is 32.4. The number of rotatable bonds is 5. The van der Waals surface area contributed by atoms with Crippen molar-refractivity contribution in [3.8, 4) is 11.5 Å². The van der Waals surface area contributed by atoms with Gasteiger partial charge in [0, 0.05) is 23.6 Å². The normalized spacial score (nSPS) is 16.1. The minimum atomic E-state index is -0.364. The molecule has 0 saturated carbocycles. The van der Waals surface area contributed by atoms with Gasteiger partial charge in [-0.2, -0.15) is 0 Å². The minimum absolute atomic E-state index is 0.103. The fourth-order valence-corrected chi connectivity index (χ4v) is 4.45. The summed E-state index contributed by atoms with van der Waals surface area (Å²) in [6.07, 6.45) is 3.12. The molecule has 4 aromatic rings. The van der Waals surface area contributed by atoms with Crippen LogP contribution in [0.3, 0.4) is 0 Å². The van der Waals surface area contributed by atoms with Crippen LogP contribution in [0.25, 0.3) is 22.1 Å². The number of aromatic nitrogens is 2. The van der Waals surface area contributed by atoms with Gasteiger partial charge in [0.1, 0.15) is 29.1 Å². The van der Waals surface area contributed by atoms with E-state index in [9.17, 15) is 9.59 Å². The smallest absolute Gasteiger partial charge is 0.297 e. The number of carbonyl (C=O) groups is 1. The lowest BCUT2D eigenvalue weighted by Gasteiger charge is -2.26. The van der Waals surface area contributed by atoms with Gasteiger partial charge in [0.05, 0.1) is 26.6 Å². The second kappa shape index (κ2) is 8.03. The molecule has 2 aromatic carbocycles. The van der Waals surface area contributed by atoms with Crippen LogP contribution < -0.4 is 15.0 Å². The van der Waals surface area contributed by atoms with Gasteiger partial charge < -0.3 is 18.8 Å². The number of methoxy groups -OCH3 is 2. The van der Waals surface area contributed by atoms with Gasteiger partial charge in [-0.15, -0.1) is 0 Å². The first kappa shape index (κ1) is 20.1. The molecule has 32 heavy (non-hydrogen) atoms. The first-order valence-corrected chi connectivity index (χ1v) is 10.5. The maximum atomic E-state index is 13.2. The number of likely N-dealkylation sites (tertiary alicyclic amines) is 1. The van der Waals surface area contributed by atoms with Crippen LogP contribution in [-0.2, 0) is 11.3 Å². The van der Waals surface area contributed by atoms with E-state index in [1.807, 2.05) is 36.4 Å². The fraction of sp³-hybridized carbons (Fsp3) is 0.292. The SMILES string of the molecule is COc1ccc(C2CCCN2C(=O)Cn2cnc3c(oc4ccccc43)c2=O)c(OC)c1. The number of nitrogens with zero attached hydrogens (tertiary/aromatic N) is 3. The first-order valence-electron chi connectivity index (χ1n) is 10.5. The maximum absolute atomic E-state index is 13.2. The topological polar surface area (TPSA) is 86.8 Å². The van der Waals surface area contributed by atoms with Crippen LogP contribution >= 0.6 is 0 Å². The van der Waals surface area contributed by atoms with Crippen LogP contribution in [0.4, 0.5) is 0 Å². The number of amides is 1. The van der Waals surface area contributed by atoms with E-state index in [1.54, 1.807) is 25.2 Å². The van der Waals surface area contributed by atoms with E-state index < -0.39 is 0 Å². The summed E-state index contributed by atoms with van der Waals surface area (Å²) in [6.45, 7) is 0.515. The number of carbonyl (C=O) groups excluding carboxylic acids is 1. The molecular weight excluding hydrogens is 410 g/mol. The predicted octanol–water partition coefficient (Wildman–Crippen LogP) is 3.52. The third-order valence-electron chi connectivity index (χ3n) is 6.03. The highest BCUT2D eigenvalue weighted by Crippen LogP contribution is 2.38. The van der Waals surface area contributed by atoms with E-state index in [4.69, 9.17) is 13.9 Å². The molecule has 0 bridgehead atoms. The number of hydrogen-bond acceptors (Lipinski definition) is 6. The summed E-state index contributed by atoms with van der Waals surface area (Å²) in [5.41, 5.74) is 1.84. The molecule has 1 aliphatic heterocycles. The molecule has 1 aliphatic rings. The van der Waals surface area contributed by atoms with Crippen molar-refractivity contribution in [1.82, 2.24) is 14.5 Å². The highest BCUT2D eigenvalue weighted by atomic mass is 16.5. The molecule has 1 atom stereocenters. The van der Waals surface area contributed by atoms with Gasteiger partial charge in [0.15, 0.2) is 0 Å². The monoisotopic (exact) mass is 433 g/mol. The lowest BCUT2D eigenvalue weighted by atomic mass is 10.0. The van der Waals surface area contributed by atoms with Crippen LogP contribution in [-0.4, -0.2) is 41.1 Å². The molecule has 0 spiro atoms. The highest BCUT2D eigenvalue weighted by Gasteiger charge is 2.32. The summed E-state index contributed by atoms with van der Waals surface area (Å²) in [7, 11) is 3.21. The van der Waals surface area contributed by atoms with Crippen LogP contribution in [0.1, 0.15) is 24.4 Å². The molecule has 1 unspecified atom stereocenters. The Bertz CT molecular complexity index is 1370. The second-order valence-corrected chi connectivity index (χ2v) is 7.81. The van der Waals surface area contributed by atoms with Gasteiger partial charge in [0.25, 0.3) is 5.56 Å². The Morgan fingerprint density at radius 3 is 2.84 bits per heavy atom. The lowest BCUT2D eigenvalue weighted by Crippen LogP contribution is -2.36. The summed E-state index contributed by atoms with van der Waals surface area (Å²) >= 11 is 0. The molecule has 0 radical (unpaired) electrons. The maximum Gasteiger partial charge on any atom is 0.297 e. The third kappa shape index (κ3) is 3.28. The van der Waals surface area contributed by atoms with E-state index >= 15 is 0 Å². The van der Waals surface area contributed by atoms with Crippen molar-refractivity contribution in [3.05, 3.63) is 64.7 Å². The van der Waals surface area contributed by atoms with Gasteiger partial charge in [-0.05, 0) is 37.1 Å². The number of fused-ring (bicyclic) bond motifs is 3. The molecule has 8 nitrogen and oxygen atoms in total. The van der Waals surface area contributed by atoms with Crippen molar-refractivity contribution in [2.45, 2.75) is 25.4 Å². The van der Waals surface area contributed by atoms with E-state index in [0.29, 0.717) is 29.1 Å². The molecule has 3 heterocycles. The molecule has 5 rings (SSSR count). The fourth-order valence-electron chi connectivity index (χ4n) is 4.45. The van der Waals surface area contributed by atoms with E-state index in [2.05, 4.69) is 4.98 Å². The van der Waals surface area contributed by atoms with Crippen molar-refractivity contribution in [2.75, 3.05) is 20.8 Å². The number of para-hydroxylation sites is 1. The Morgan fingerprint density at radius 2 is 2.03 bits per heavy atom. The molecule has 164 valence electrons. The summed E-state index contributed by atoms with van der Waals surface area (Å²) in [6, 6.07) is 12.9. The predicted molar refractivity (Wildman–Crippen MR) is 119 cm³/mol. The lowest BCUT2D eigenvalue weighted by molar-refractivity contribution is -0.132. The number of furan rings is 1. The Morgan fingerprint density at radius 1 is 1.19 bits per heavy atom. The third-order valence-corrected chi connectivity index (χ3v) is 6.03. The van der Waals surface area contributed by atoms with Gasteiger partial charge in [-0.3, -0.25) is 14.2 Å². The Labute approximate surface area is 184 Å². The summed E-state index contributed by atoms with van der Waals surface area (Å²) in [5.74, 6) is 1.22. The van der Waals surface area contributed by atoms with Gasteiger partial charge in [-0.1, -0.05) is 12.1 Å². The zero-order chi connectivity index (χ0) is 22.2. The average Bonchev–Trinajstić information content (AvgIpc) is 3.46. The molecule has 8 heteroatoms. The number of ether oxygens (including phenoxy) is 2. The zero-order valence-corrected chi connectivity index (χ0v) is 17.9. The van der Waals surface area contributed by atoms with Crippen LogP contribution in [0, 0.1) is 0 Å². The first-order chi connectivity index (χ1) is 15.6. The molecule has 1 amide bonds. The van der Waals surface area contributed by atoms with E-state index in [0.717, 1.165) is 23.8 Å². The second-order valence-electron chi connectivity index (χ2n) is 7.81. The van der Waals surface area contributed by atoms with Crippen LogP contribution in [0.2, 0.25) is 0 Å². The van der Waals surface area contributed by atoms with Gasteiger partial charge in [0.2, 0.25) is 11.5 Å². The molecule has 1 saturated heterocycles. The number of hydrogen-bond donors (Lipinski definition) is 0. The zero-order valence-electron chi connectivity index (χ0n) is 17.9. The molecular formula is C24H23N3O5. The molecule has 0 aliphatic carbocycles.